The molecule has 3 unspecified atom stereocenters. The van der Waals surface area contributed by atoms with Gasteiger partial charge in [0.1, 0.15) is 12.1 Å². The zero-order valence-electron chi connectivity index (χ0n) is 15.2. The van der Waals surface area contributed by atoms with Gasteiger partial charge >= 0.3 is 5.97 Å². The molecule has 0 radical (unpaired) electrons. The molecule has 0 bridgehead atoms. The summed E-state index contributed by atoms with van der Waals surface area (Å²) in [7, 11) is 0. The van der Waals surface area contributed by atoms with Gasteiger partial charge < -0.3 is 44.0 Å². The van der Waals surface area contributed by atoms with E-state index in [9.17, 15) is 33.6 Å². The number of hydrogen-bond donors (Lipinski definition) is 8. The Labute approximate surface area is 163 Å². The van der Waals surface area contributed by atoms with E-state index in [1.807, 2.05) is 5.32 Å². The normalized spacial score (nSPS) is 13.3. The lowest BCUT2D eigenvalue weighted by atomic mass is 10.1. The molecule has 0 fully saturated rings. The summed E-state index contributed by atoms with van der Waals surface area (Å²) in [5.74, 6) is -7.36. The van der Waals surface area contributed by atoms with Crippen LogP contribution >= 0.6 is 0 Å². The van der Waals surface area contributed by atoms with Crippen molar-refractivity contribution in [3.05, 3.63) is 0 Å². The van der Waals surface area contributed by atoms with Crippen LogP contribution in [0.3, 0.4) is 0 Å². The van der Waals surface area contributed by atoms with Crippen LogP contribution in [0.2, 0.25) is 0 Å². The average Bonchev–Trinajstić information content (AvgIpc) is 2.56. The lowest BCUT2D eigenvalue weighted by Crippen LogP contribution is -2.55. The number of aliphatic carboxylic acids is 1. The van der Waals surface area contributed by atoms with E-state index in [0.29, 0.717) is 0 Å². The first-order valence-electron chi connectivity index (χ1n) is 8.04. The van der Waals surface area contributed by atoms with E-state index < -0.39 is 85.3 Å². The molecule has 15 heteroatoms. The van der Waals surface area contributed by atoms with Crippen LogP contribution < -0.4 is 38.9 Å². The minimum atomic E-state index is -1.70. The van der Waals surface area contributed by atoms with Gasteiger partial charge in [-0.2, -0.15) is 0 Å². The predicted molar refractivity (Wildman–Crippen MR) is 93.9 cm³/mol. The first kappa shape index (κ1) is 25.2. The van der Waals surface area contributed by atoms with Crippen LogP contribution in [0, 0.1) is 0 Å². The molecule has 162 valence electrons. The highest BCUT2D eigenvalue weighted by Crippen LogP contribution is 1.98. The molecule has 3 atom stereocenters. The number of hydrogen-bond acceptors (Lipinski definition) is 8. The Morgan fingerprint density at radius 1 is 0.724 bits per heavy atom. The number of nitrogens with one attached hydrogen (secondary N) is 3. The Bertz CT molecular complexity index is 695. The van der Waals surface area contributed by atoms with Gasteiger partial charge in [0.05, 0.1) is 31.8 Å². The van der Waals surface area contributed by atoms with Gasteiger partial charge in [-0.3, -0.25) is 28.8 Å². The number of carboxylic acid groups (broad SMARTS) is 1. The molecule has 0 spiro atoms. The van der Waals surface area contributed by atoms with Crippen LogP contribution in [-0.2, 0) is 33.6 Å². The van der Waals surface area contributed by atoms with Crippen LogP contribution in [0.5, 0.6) is 0 Å². The van der Waals surface area contributed by atoms with E-state index in [0.717, 1.165) is 0 Å². The Balaban J connectivity index is 4.94. The van der Waals surface area contributed by atoms with Crippen molar-refractivity contribution < 1.29 is 38.7 Å². The van der Waals surface area contributed by atoms with E-state index in [1.54, 1.807) is 0 Å². The zero-order chi connectivity index (χ0) is 22.7. The van der Waals surface area contributed by atoms with E-state index in [1.165, 1.54) is 0 Å². The summed E-state index contributed by atoms with van der Waals surface area (Å²) in [6, 6.07) is -4.58. The summed E-state index contributed by atoms with van der Waals surface area (Å²) in [5.41, 5.74) is 20.2. The Morgan fingerprint density at radius 2 is 1.21 bits per heavy atom. The van der Waals surface area contributed by atoms with Gasteiger partial charge in [0.25, 0.3) is 0 Å². The highest BCUT2D eigenvalue weighted by Gasteiger charge is 2.29. The van der Waals surface area contributed by atoms with Gasteiger partial charge in [0.15, 0.2) is 0 Å². The van der Waals surface area contributed by atoms with E-state index >= 15 is 0 Å². The van der Waals surface area contributed by atoms with Crippen molar-refractivity contribution in [1.82, 2.24) is 16.0 Å². The standard InChI is InChI=1S/C14H23N7O8/c15-5(1-8(16)22)12(26)19-4-11(25)20-6(2-9(17)23)13(27)21-7(14(28)29)3-10(18)24/h5-7H,1-4,15H2,(H2,16,22)(H2,17,23)(H2,18,24)(H,19,26)(H,20,25)(H,21,27)(H,28,29). The minimum absolute atomic E-state index is 0.462. The summed E-state index contributed by atoms with van der Waals surface area (Å²) in [5, 5.41) is 15.1. The molecule has 15 nitrogen and oxygen atoms in total. The van der Waals surface area contributed by atoms with Gasteiger partial charge in [0.2, 0.25) is 35.4 Å². The SMILES string of the molecule is NC(=O)CC(N)C(=O)NCC(=O)NC(CC(N)=O)C(=O)NC(CC(N)=O)C(=O)O. The van der Waals surface area contributed by atoms with E-state index in [-0.39, 0.29) is 0 Å². The third-order valence-electron chi connectivity index (χ3n) is 3.26. The van der Waals surface area contributed by atoms with Crippen molar-refractivity contribution in [2.75, 3.05) is 6.54 Å². The summed E-state index contributed by atoms with van der Waals surface area (Å²) in [6.45, 7) is -0.683. The van der Waals surface area contributed by atoms with Crippen LogP contribution in [0.1, 0.15) is 19.3 Å². The quantitative estimate of drug-likeness (QED) is 0.141. The molecule has 0 aliphatic carbocycles. The minimum Gasteiger partial charge on any atom is -0.480 e. The molecule has 0 aromatic heterocycles. The summed E-state index contributed by atoms with van der Waals surface area (Å²) in [4.78, 5) is 79.5. The smallest absolute Gasteiger partial charge is 0.326 e. The molecule has 0 aliphatic rings. The lowest BCUT2D eigenvalue weighted by molar-refractivity contribution is -0.143. The maximum Gasteiger partial charge on any atom is 0.326 e. The lowest BCUT2D eigenvalue weighted by Gasteiger charge is -2.20. The largest absolute Gasteiger partial charge is 0.480 e. The van der Waals surface area contributed by atoms with Crippen molar-refractivity contribution in [2.45, 2.75) is 37.4 Å². The maximum atomic E-state index is 12.2. The van der Waals surface area contributed by atoms with Crippen LogP contribution in [0.15, 0.2) is 0 Å². The molecular formula is C14H23N7O8. The highest BCUT2D eigenvalue weighted by molar-refractivity contribution is 5.96. The number of carbonyl (C=O) groups excluding carboxylic acids is 6. The molecule has 0 aromatic carbocycles. The number of amides is 6. The Kier molecular flexibility index (Phi) is 10.3. The van der Waals surface area contributed by atoms with Gasteiger partial charge in [-0.05, 0) is 0 Å². The third kappa shape index (κ3) is 10.9. The number of carbonyl (C=O) groups is 7. The molecular weight excluding hydrogens is 394 g/mol. The maximum absolute atomic E-state index is 12.2. The first-order chi connectivity index (χ1) is 13.3. The predicted octanol–water partition coefficient (Wildman–Crippen LogP) is -5.89. The average molecular weight is 417 g/mol. The topological polar surface area (TPSA) is 280 Å². The van der Waals surface area contributed by atoms with Gasteiger partial charge in [-0.1, -0.05) is 0 Å². The van der Waals surface area contributed by atoms with Gasteiger partial charge in [0, 0.05) is 0 Å². The van der Waals surface area contributed by atoms with E-state index in [2.05, 4.69) is 10.6 Å². The van der Waals surface area contributed by atoms with Crippen LogP contribution in [-0.4, -0.2) is 71.2 Å². The summed E-state index contributed by atoms with van der Waals surface area (Å²) < 4.78 is 0. The molecule has 0 saturated heterocycles. The van der Waals surface area contributed by atoms with Crippen LogP contribution in [0.25, 0.3) is 0 Å². The van der Waals surface area contributed by atoms with Gasteiger partial charge in [-0.25, -0.2) is 4.79 Å². The van der Waals surface area contributed by atoms with Crippen molar-refractivity contribution in [3.63, 3.8) is 0 Å². The summed E-state index contributed by atoms with van der Waals surface area (Å²) >= 11 is 0. The molecule has 12 N–H and O–H groups in total. The highest BCUT2D eigenvalue weighted by atomic mass is 16.4. The summed E-state index contributed by atoms with van der Waals surface area (Å²) in [6.07, 6.45) is -1.89. The molecule has 0 rings (SSSR count). The van der Waals surface area contributed by atoms with Crippen molar-refractivity contribution in [3.8, 4) is 0 Å². The van der Waals surface area contributed by atoms with E-state index in [4.69, 9.17) is 28.0 Å². The molecule has 0 aliphatic heterocycles. The molecule has 0 saturated carbocycles. The van der Waals surface area contributed by atoms with Crippen molar-refractivity contribution in [1.29, 1.82) is 0 Å². The number of primary amides is 3. The first-order valence-corrected chi connectivity index (χ1v) is 8.04. The number of nitrogens with two attached hydrogens (primary N) is 4. The fourth-order valence-electron chi connectivity index (χ4n) is 1.94. The second-order valence-electron chi connectivity index (χ2n) is 5.86. The second-order valence-corrected chi connectivity index (χ2v) is 5.86. The fourth-order valence-corrected chi connectivity index (χ4v) is 1.94. The monoisotopic (exact) mass is 417 g/mol. The zero-order valence-corrected chi connectivity index (χ0v) is 15.2. The number of carboxylic acids is 1. The molecule has 29 heavy (non-hydrogen) atoms. The Morgan fingerprint density at radius 3 is 1.66 bits per heavy atom. The van der Waals surface area contributed by atoms with Crippen molar-refractivity contribution in [2.24, 2.45) is 22.9 Å². The molecule has 0 aromatic rings. The molecule has 0 heterocycles. The Hall–Kier alpha value is -3.75. The van der Waals surface area contributed by atoms with Gasteiger partial charge in [-0.15, -0.1) is 0 Å². The number of rotatable bonds is 13. The van der Waals surface area contributed by atoms with Crippen molar-refractivity contribution >= 4 is 41.4 Å². The third-order valence-corrected chi connectivity index (χ3v) is 3.26. The fraction of sp³-hybridized carbons (Fsp3) is 0.500. The molecule has 6 amide bonds. The second kappa shape index (κ2) is 11.9. The van der Waals surface area contributed by atoms with Crippen LogP contribution in [0.4, 0.5) is 0 Å².